The maximum atomic E-state index is 6.04. The Hall–Kier alpha value is -1.07. The molecule has 2 N–H and O–H groups in total. The van der Waals surface area contributed by atoms with Crippen LogP contribution >= 0.6 is 11.3 Å². The molecule has 18 heavy (non-hydrogen) atoms. The molecule has 1 fully saturated rings. The third-order valence-corrected chi connectivity index (χ3v) is 4.76. The lowest BCUT2D eigenvalue weighted by atomic mass is 9.73. The van der Waals surface area contributed by atoms with Gasteiger partial charge in [0.25, 0.3) is 0 Å². The van der Waals surface area contributed by atoms with Crippen molar-refractivity contribution < 1.29 is 4.74 Å². The number of hydrogen-bond donors (Lipinski definition) is 1. The Kier molecular flexibility index (Phi) is 3.03. The largest absolute Gasteiger partial charge is 0.378 e. The molecule has 3 rings (SSSR count). The summed E-state index contributed by atoms with van der Waals surface area (Å²) < 4.78 is 5.67. The van der Waals surface area contributed by atoms with Gasteiger partial charge in [-0.05, 0) is 31.2 Å². The number of guanidine groups is 1. The van der Waals surface area contributed by atoms with Crippen molar-refractivity contribution in [3.63, 3.8) is 0 Å². The number of aliphatic imine (C=N–C) groups is 1. The predicted octanol–water partition coefficient (Wildman–Crippen LogP) is 1.82. The summed E-state index contributed by atoms with van der Waals surface area (Å²) in [5, 5.41) is 2.11. The van der Waals surface area contributed by atoms with Crippen LogP contribution in [-0.4, -0.2) is 35.7 Å². The molecular weight excluding hydrogens is 246 g/mol. The molecule has 1 spiro atoms. The van der Waals surface area contributed by atoms with Crippen LogP contribution < -0.4 is 5.73 Å². The second-order valence-corrected chi connectivity index (χ2v) is 6.08. The van der Waals surface area contributed by atoms with E-state index in [0.29, 0.717) is 12.1 Å². The number of ether oxygens (including phenoxy) is 1. The van der Waals surface area contributed by atoms with Crippen LogP contribution in [0.3, 0.4) is 0 Å². The van der Waals surface area contributed by atoms with E-state index in [1.165, 1.54) is 4.88 Å². The number of nitrogens with two attached hydrogens (primary N) is 1. The van der Waals surface area contributed by atoms with E-state index in [0.717, 1.165) is 32.5 Å². The molecule has 1 aliphatic heterocycles. The Labute approximate surface area is 111 Å². The summed E-state index contributed by atoms with van der Waals surface area (Å²) in [5.74, 6) is 0.693. The molecule has 0 bridgehead atoms. The standard InChI is InChI=1S/C13H19N3OS/c1-2-17-10-6-13(7-10)9-15-12(14)16(13)8-11-4-3-5-18-11/h3-5,10H,2,6-9H2,1H3,(H2,14,15). The van der Waals surface area contributed by atoms with E-state index in [2.05, 4.69) is 27.4 Å². The number of thiophene rings is 1. The molecule has 1 aromatic rings. The highest BCUT2D eigenvalue weighted by Crippen LogP contribution is 2.43. The minimum atomic E-state index is 0.133. The van der Waals surface area contributed by atoms with Gasteiger partial charge in [0.1, 0.15) is 0 Å². The summed E-state index contributed by atoms with van der Waals surface area (Å²) in [6.07, 6.45) is 2.49. The van der Waals surface area contributed by atoms with E-state index in [1.807, 2.05) is 6.92 Å². The molecule has 0 saturated heterocycles. The first-order chi connectivity index (χ1) is 8.73. The van der Waals surface area contributed by atoms with E-state index in [1.54, 1.807) is 11.3 Å². The third-order valence-electron chi connectivity index (χ3n) is 3.90. The minimum absolute atomic E-state index is 0.133. The maximum absolute atomic E-state index is 6.04. The minimum Gasteiger partial charge on any atom is -0.378 e. The number of hydrogen-bond acceptors (Lipinski definition) is 5. The smallest absolute Gasteiger partial charge is 0.192 e. The van der Waals surface area contributed by atoms with Crippen LogP contribution in [0.5, 0.6) is 0 Å². The summed E-state index contributed by atoms with van der Waals surface area (Å²) >= 11 is 1.77. The van der Waals surface area contributed by atoms with Crippen molar-refractivity contribution >= 4 is 17.3 Å². The van der Waals surface area contributed by atoms with Crippen LogP contribution in [0, 0.1) is 0 Å². The summed E-state index contributed by atoms with van der Waals surface area (Å²) in [7, 11) is 0. The van der Waals surface area contributed by atoms with Crippen LogP contribution in [0.25, 0.3) is 0 Å². The lowest BCUT2D eigenvalue weighted by molar-refractivity contribution is -0.0749. The quantitative estimate of drug-likeness (QED) is 0.903. The fourth-order valence-corrected chi connectivity index (χ4v) is 3.63. The van der Waals surface area contributed by atoms with Crippen molar-refractivity contribution in [1.82, 2.24) is 4.90 Å². The Bertz CT molecular complexity index is 437. The second kappa shape index (κ2) is 4.55. The van der Waals surface area contributed by atoms with Gasteiger partial charge >= 0.3 is 0 Å². The van der Waals surface area contributed by atoms with E-state index >= 15 is 0 Å². The van der Waals surface area contributed by atoms with E-state index < -0.39 is 0 Å². The zero-order valence-corrected chi connectivity index (χ0v) is 11.4. The number of nitrogens with zero attached hydrogens (tertiary/aromatic N) is 2. The monoisotopic (exact) mass is 265 g/mol. The van der Waals surface area contributed by atoms with Gasteiger partial charge in [-0.2, -0.15) is 0 Å². The number of rotatable bonds is 4. The van der Waals surface area contributed by atoms with Gasteiger partial charge in [0.2, 0.25) is 0 Å². The fourth-order valence-electron chi connectivity index (χ4n) is 2.94. The van der Waals surface area contributed by atoms with Gasteiger partial charge in [-0.3, -0.25) is 4.99 Å². The molecule has 1 aromatic heterocycles. The van der Waals surface area contributed by atoms with Gasteiger partial charge in [0.15, 0.2) is 5.96 Å². The molecule has 5 heteroatoms. The average molecular weight is 265 g/mol. The van der Waals surface area contributed by atoms with Gasteiger partial charge < -0.3 is 15.4 Å². The molecule has 0 atom stereocenters. The summed E-state index contributed by atoms with van der Waals surface area (Å²) in [5.41, 5.74) is 6.17. The van der Waals surface area contributed by atoms with E-state index in [4.69, 9.17) is 10.5 Å². The fraction of sp³-hybridized carbons (Fsp3) is 0.615. The highest BCUT2D eigenvalue weighted by Gasteiger charge is 2.52. The summed E-state index contributed by atoms with van der Waals surface area (Å²) in [6.45, 7) is 4.55. The van der Waals surface area contributed by atoms with E-state index in [9.17, 15) is 0 Å². The Morgan fingerprint density at radius 1 is 1.61 bits per heavy atom. The second-order valence-electron chi connectivity index (χ2n) is 5.05. The van der Waals surface area contributed by atoms with Crippen molar-refractivity contribution in [3.8, 4) is 0 Å². The molecule has 0 radical (unpaired) electrons. The van der Waals surface area contributed by atoms with Crippen LogP contribution in [-0.2, 0) is 11.3 Å². The van der Waals surface area contributed by atoms with Crippen molar-refractivity contribution in [2.45, 2.75) is 38.0 Å². The third kappa shape index (κ3) is 1.91. The maximum Gasteiger partial charge on any atom is 0.192 e. The zero-order valence-electron chi connectivity index (χ0n) is 10.6. The molecule has 98 valence electrons. The van der Waals surface area contributed by atoms with Gasteiger partial charge in [-0.15, -0.1) is 11.3 Å². The molecule has 4 nitrogen and oxygen atoms in total. The lowest BCUT2D eigenvalue weighted by Crippen LogP contribution is -2.61. The van der Waals surface area contributed by atoms with Crippen LogP contribution in [0.1, 0.15) is 24.6 Å². The first kappa shape index (κ1) is 12.0. The van der Waals surface area contributed by atoms with Gasteiger partial charge in [0, 0.05) is 11.5 Å². The zero-order chi connectivity index (χ0) is 12.6. The normalized spacial score (nSPS) is 30.6. The van der Waals surface area contributed by atoms with E-state index in [-0.39, 0.29) is 5.54 Å². The first-order valence-corrected chi connectivity index (χ1v) is 7.33. The predicted molar refractivity (Wildman–Crippen MR) is 73.7 cm³/mol. The average Bonchev–Trinajstić information content (AvgIpc) is 2.91. The van der Waals surface area contributed by atoms with Crippen molar-refractivity contribution in [1.29, 1.82) is 0 Å². The Morgan fingerprint density at radius 3 is 3.11 bits per heavy atom. The Balaban J connectivity index is 1.69. The first-order valence-electron chi connectivity index (χ1n) is 6.45. The van der Waals surface area contributed by atoms with Crippen molar-refractivity contribution in [2.24, 2.45) is 10.7 Å². The molecule has 1 saturated carbocycles. The van der Waals surface area contributed by atoms with Gasteiger partial charge in [-0.1, -0.05) is 6.07 Å². The highest BCUT2D eigenvalue weighted by molar-refractivity contribution is 7.09. The molecule has 1 aliphatic carbocycles. The molecule has 0 amide bonds. The highest BCUT2D eigenvalue weighted by atomic mass is 32.1. The topological polar surface area (TPSA) is 50.9 Å². The van der Waals surface area contributed by atoms with Crippen LogP contribution in [0.4, 0.5) is 0 Å². The molecule has 0 aromatic carbocycles. The van der Waals surface area contributed by atoms with Crippen molar-refractivity contribution in [2.75, 3.05) is 13.2 Å². The molecule has 2 aliphatic rings. The summed E-state index contributed by atoms with van der Waals surface area (Å²) in [4.78, 5) is 8.05. The molecular formula is C13H19N3OS. The SMILES string of the molecule is CCOC1CC2(CN=C(N)N2Cc2cccs2)C1. The Morgan fingerprint density at radius 2 is 2.44 bits per heavy atom. The summed E-state index contributed by atoms with van der Waals surface area (Å²) in [6, 6.07) is 4.24. The van der Waals surface area contributed by atoms with Crippen LogP contribution in [0.2, 0.25) is 0 Å². The molecule has 0 unspecified atom stereocenters. The van der Waals surface area contributed by atoms with Crippen LogP contribution in [0.15, 0.2) is 22.5 Å². The van der Waals surface area contributed by atoms with Gasteiger partial charge in [-0.25, -0.2) is 0 Å². The van der Waals surface area contributed by atoms with Crippen molar-refractivity contribution in [3.05, 3.63) is 22.4 Å². The molecule has 2 heterocycles. The van der Waals surface area contributed by atoms with Gasteiger partial charge in [0.05, 0.1) is 24.7 Å². The lowest BCUT2D eigenvalue weighted by Gasteiger charge is -2.50.